The molecule has 0 radical (unpaired) electrons. The molecule has 0 aromatic carbocycles. The van der Waals surface area contributed by atoms with Crippen molar-refractivity contribution in [2.45, 2.75) is 57.0 Å². The Morgan fingerprint density at radius 3 is 2.46 bits per heavy atom. The number of thioether (sulfide) groups is 1. The lowest BCUT2D eigenvalue weighted by molar-refractivity contribution is -0.136. The minimum atomic E-state index is -0.654. The van der Waals surface area contributed by atoms with E-state index in [9.17, 15) is 4.79 Å². The van der Waals surface area contributed by atoms with Crippen LogP contribution in [-0.4, -0.2) is 21.6 Å². The molecule has 78 valence electrons. The molecule has 0 aliphatic heterocycles. The van der Waals surface area contributed by atoms with E-state index in [2.05, 4.69) is 20.8 Å². The van der Waals surface area contributed by atoms with Gasteiger partial charge < -0.3 is 5.11 Å². The largest absolute Gasteiger partial charge is 0.480 e. The van der Waals surface area contributed by atoms with E-state index in [0.29, 0.717) is 5.25 Å². The second kappa shape index (κ2) is 7.25. The Bertz CT molecular complexity index is 148. The monoisotopic (exact) mass is 204 g/mol. The van der Waals surface area contributed by atoms with Crippen LogP contribution in [0.4, 0.5) is 0 Å². The van der Waals surface area contributed by atoms with E-state index in [1.807, 2.05) is 0 Å². The Morgan fingerprint density at radius 2 is 2.08 bits per heavy atom. The molecular weight excluding hydrogens is 184 g/mol. The van der Waals surface area contributed by atoms with Crippen molar-refractivity contribution in [3.05, 3.63) is 0 Å². The molecule has 0 aromatic heterocycles. The molecule has 0 aromatic rings. The van der Waals surface area contributed by atoms with Gasteiger partial charge in [-0.25, -0.2) is 0 Å². The molecule has 3 heteroatoms. The fourth-order valence-electron chi connectivity index (χ4n) is 1.02. The molecule has 0 aliphatic rings. The highest BCUT2D eigenvalue weighted by molar-refractivity contribution is 8.01. The first-order valence-corrected chi connectivity index (χ1v) is 5.94. The van der Waals surface area contributed by atoms with Crippen LogP contribution < -0.4 is 0 Å². The van der Waals surface area contributed by atoms with Crippen LogP contribution in [0.3, 0.4) is 0 Å². The van der Waals surface area contributed by atoms with E-state index in [-0.39, 0.29) is 5.25 Å². The molecular formula is C10H20O2S. The molecule has 2 nitrogen and oxygen atoms in total. The van der Waals surface area contributed by atoms with Gasteiger partial charge in [0, 0.05) is 5.25 Å². The summed E-state index contributed by atoms with van der Waals surface area (Å²) in [7, 11) is 0. The number of carbonyl (C=O) groups is 1. The maximum atomic E-state index is 10.8. The zero-order valence-corrected chi connectivity index (χ0v) is 9.56. The average Bonchev–Trinajstić information content (AvgIpc) is 2.11. The van der Waals surface area contributed by atoms with Crippen molar-refractivity contribution in [2.24, 2.45) is 0 Å². The van der Waals surface area contributed by atoms with Gasteiger partial charge >= 0.3 is 5.97 Å². The highest BCUT2D eigenvalue weighted by atomic mass is 32.2. The van der Waals surface area contributed by atoms with Crippen LogP contribution in [0.2, 0.25) is 0 Å². The fourth-order valence-corrected chi connectivity index (χ4v) is 2.19. The summed E-state index contributed by atoms with van der Waals surface area (Å²) >= 11 is 1.59. The maximum absolute atomic E-state index is 10.8. The van der Waals surface area contributed by atoms with Crippen LogP contribution in [0.15, 0.2) is 0 Å². The molecule has 0 bridgehead atoms. The number of unbranched alkanes of at least 4 members (excludes halogenated alkanes) is 1. The lowest BCUT2D eigenvalue weighted by Gasteiger charge is -2.15. The molecule has 0 amide bonds. The van der Waals surface area contributed by atoms with Crippen LogP contribution in [0, 0.1) is 0 Å². The van der Waals surface area contributed by atoms with Gasteiger partial charge in [-0.15, -0.1) is 11.8 Å². The summed E-state index contributed by atoms with van der Waals surface area (Å²) in [6.45, 7) is 6.27. The van der Waals surface area contributed by atoms with Crippen molar-refractivity contribution < 1.29 is 9.90 Å². The van der Waals surface area contributed by atoms with Gasteiger partial charge in [0.25, 0.3) is 0 Å². The Balaban J connectivity index is 3.87. The van der Waals surface area contributed by atoms with Crippen molar-refractivity contribution in [3.63, 3.8) is 0 Å². The van der Waals surface area contributed by atoms with Crippen molar-refractivity contribution in [1.29, 1.82) is 0 Å². The van der Waals surface area contributed by atoms with Gasteiger partial charge in [0.05, 0.1) is 0 Å². The minimum Gasteiger partial charge on any atom is -0.480 e. The number of hydrogen-bond donors (Lipinski definition) is 1. The molecule has 2 unspecified atom stereocenters. The molecule has 0 aliphatic carbocycles. The van der Waals surface area contributed by atoms with E-state index in [1.54, 1.807) is 11.8 Å². The first-order chi connectivity index (χ1) is 6.11. The van der Waals surface area contributed by atoms with Gasteiger partial charge in [0.15, 0.2) is 0 Å². The fraction of sp³-hybridized carbons (Fsp3) is 0.900. The summed E-state index contributed by atoms with van der Waals surface area (Å²) in [5.74, 6) is -0.654. The second-order valence-corrected chi connectivity index (χ2v) is 4.97. The Morgan fingerprint density at radius 1 is 1.46 bits per heavy atom. The first-order valence-electron chi connectivity index (χ1n) is 5.00. The summed E-state index contributed by atoms with van der Waals surface area (Å²) in [5.41, 5.74) is 0. The molecule has 0 heterocycles. The van der Waals surface area contributed by atoms with Crippen LogP contribution >= 0.6 is 11.8 Å². The van der Waals surface area contributed by atoms with E-state index < -0.39 is 5.97 Å². The van der Waals surface area contributed by atoms with Crippen LogP contribution in [0.1, 0.15) is 46.5 Å². The number of carboxylic acid groups (broad SMARTS) is 1. The van der Waals surface area contributed by atoms with Crippen molar-refractivity contribution in [2.75, 3.05) is 0 Å². The standard InChI is InChI=1S/C10H20O2S/c1-4-6-7-9(10(11)12)13-8(3)5-2/h8-9H,4-7H2,1-3H3,(H,11,12). The molecule has 1 N–H and O–H groups in total. The Hall–Kier alpha value is -0.180. The third-order valence-electron chi connectivity index (χ3n) is 2.07. The summed E-state index contributed by atoms with van der Waals surface area (Å²) in [4.78, 5) is 10.8. The predicted octanol–water partition coefficient (Wildman–Crippen LogP) is 3.16. The molecule has 2 atom stereocenters. The highest BCUT2D eigenvalue weighted by Crippen LogP contribution is 2.24. The number of aliphatic carboxylic acids is 1. The highest BCUT2D eigenvalue weighted by Gasteiger charge is 2.19. The second-order valence-electron chi connectivity index (χ2n) is 3.32. The summed E-state index contributed by atoms with van der Waals surface area (Å²) in [5, 5.41) is 9.18. The van der Waals surface area contributed by atoms with Gasteiger partial charge in [-0.3, -0.25) is 4.79 Å². The molecule has 13 heavy (non-hydrogen) atoms. The zero-order valence-electron chi connectivity index (χ0n) is 8.75. The lowest BCUT2D eigenvalue weighted by atomic mass is 10.2. The van der Waals surface area contributed by atoms with Crippen LogP contribution in [0.25, 0.3) is 0 Å². The van der Waals surface area contributed by atoms with Gasteiger partial charge in [-0.2, -0.15) is 0 Å². The van der Waals surface area contributed by atoms with Crippen molar-refractivity contribution in [3.8, 4) is 0 Å². The molecule has 0 rings (SSSR count). The Kier molecular flexibility index (Phi) is 7.14. The summed E-state index contributed by atoms with van der Waals surface area (Å²) in [6, 6.07) is 0. The third kappa shape index (κ3) is 5.97. The smallest absolute Gasteiger partial charge is 0.316 e. The molecule has 0 fully saturated rings. The summed E-state index contributed by atoms with van der Waals surface area (Å²) in [6.07, 6.45) is 3.94. The van der Waals surface area contributed by atoms with Gasteiger partial charge in [0.2, 0.25) is 0 Å². The normalized spacial score (nSPS) is 15.3. The van der Waals surface area contributed by atoms with Gasteiger partial charge in [0.1, 0.15) is 5.25 Å². The van der Waals surface area contributed by atoms with Gasteiger partial charge in [-0.1, -0.05) is 33.6 Å². The lowest BCUT2D eigenvalue weighted by Crippen LogP contribution is -2.19. The molecule has 0 saturated carbocycles. The van der Waals surface area contributed by atoms with E-state index >= 15 is 0 Å². The maximum Gasteiger partial charge on any atom is 0.316 e. The number of carboxylic acids is 1. The predicted molar refractivity (Wildman–Crippen MR) is 58.3 cm³/mol. The number of rotatable bonds is 7. The Labute approximate surface area is 85.1 Å². The molecule has 0 spiro atoms. The zero-order chi connectivity index (χ0) is 10.3. The quantitative estimate of drug-likeness (QED) is 0.692. The SMILES string of the molecule is CCCCC(SC(C)CC)C(=O)O. The molecule has 0 saturated heterocycles. The third-order valence-corrected chi connectivity index (χ3v) is 3.63. The van der Waals surface area contributed by atoms with Crippen LogP contribution in [0.5, 0.6) is 0 Å². The van der Waals surface area contributed by atoms with E-state index in [1.165, 1.54) is 0 Å². The topological polar surface area (TPSA) is 37.3 Å². The first kappa shape index (κ1) is 12.8. The van der Waals surface area contributed by atoms with Crippen molar-refractivity contribution in [1.82, 2.24) is 0 Å². The van der Waals surface area contributed by atoms with E-state index in [4.69, 9.17) is 5.11 Å². The minimum absolute atomic E-state index is 0.199. The summed E-state index contributed by atoms with van der Waals surface area (Å²) < 4.78 is 0. The van der Waals surface area contributed by atoms with Gasteiger partial charge in [-0.05, 0) is 12.8 Å². The van der Waals surface area contributed by atoms with Crippen molar-refractivity contribution >= 4 is 17.7 Å². The number of hydrogen-bond acceptors (Lipinski definition) is 2. The average molecular weight is 204 g/mol. The van der Waals surface area contributed by atoms with Crippen LogP contribution in [-0.2, 0) is 4.79 Å². The van der Waals surface area contributed by atoms with E-state index in [0.717, 1.165) is 25.7 Å².